The number of hydrogen-bond donors (Lipinski definition) is 1. The number of rotatable bonds is 4. The van der Waals surface area contributed by atoms with Gasteiger partial charge in [-0.15, -0.1) is 0 Å². The van der Waals surface area contributed by atoms with Crippen LogP contribution in [-0.4, -0.2) is 21.3 Å². The van der Waals surface area contributed by atoms with E-state index in [2.05, 4.69) is 45.3 Å². The Morgan fingerprint density at radius 1 is 0.889 bits per heavy atom. The SMILES string of the molecule is C[Si](C)(C)c1cc(Pc2ccc(F)cc2F)c(O)c([Si](C)(C)C)c1.[Cl][Zr][Cl]. The van der Waals surface area contributed by atoms with Crippen LogP contribution in [0.1, 0.15) is 0 Å². The quantitative estimate of drug-likeness (QED) is 0.435. The zero-order chi connectivity index (χ0) is 21.0. The van der Waals surface area contributed by atoms with Gasteiger partial charge in [0.1, 0.15) is 17.4 Å². The molecule has 9 heteroatoms. The number of benzene rings is 2. The summed E-state index contributed by atoms with van der Waals surface area (Å²) in [5, 5.41) is 14.3. The first kappa shape index (κ1) is 25.5. The first-order valence-corrected chi connectivity index (χ1v) is 22.7. The van der Waals surface area contributed by atoms with Crippen LogP contribution in [0.5, 0.6) is 5.75 Å². The van der Waals surface area contributed by atoms with Gasteiger partial charge in [-0.3, -0.25) is 0 Å². The van der Waals surface area contributed by atoms with Gasteiger partial charge in [-0.1, -0.05) is 65.2 Å². The summed E-state index contributed by atoms with van der Waals surface area (Å²) in [7, 11) is 6.53. The molecule has 0 radical (unpaired) electrons. The van der Waals surface area contributed by atoms with Gasteiger partial charge >= 0.3 is 37.9 Å². The molecule has 0 aromatic heterocycles. The first-order chi connectivity index (χ1) is 12.3. The standard InChI is InChI=1S/C18H25F2OPSi2.2ClH.Zr/c1-23(2,3)13-10-16(18(21)17(11-13)24(4,5)6)22-15-8-7-12(19)9-14(15)20;;;/h7-11,21-22H,1-6H3;2*1H;/q;;;+2/p-2. The molecule has 1 nitrogen and oxygen atoms in total. The molecule has 0 fully saturated rings. The van der Waals surface area contributed by atoms with Gasteiger partial charge in [-0.25, -0.2) is 8.78 Å². The molecule has 0 aliphatic rings. The summed E-state index contributed by atoms with van der Waals surface area (Å²) >= 11 is -0.826. The van der Waals surface area contributed by atoms with Crippen LogP contribution in [0.25, 0.3) is 0 Å². The zero-order valence-corrected chi connectivity index (χ0v) is 23.3. The molecule has 1 atom stereocenters. The van der Waals surface area contributed by atoms with Crippen molar-refractivity contribution >= 4 is 62.7 Å². The van der Waals surface area contributed by atoms with Crippen molar-refractivity contribution in [1.82, 2.24) is 0 Å². The van der Waals surface area contributed by atoms with Crippen LogP contribution in [0.15, 0.2) is 30.3 Å². The van der Waals surface area contributed by atoms with Gasteiger partial charge in [0.15, 0.2) is 0 Å². The van der Waals surface area contributed by atoms with E-state index in [-0.39, 0.29) is 8.58 Å². The van der Waals surface area contributed by atoms with E-state index < -0.39 is 48.6 Å². The summed E-state index contributed by atoms with van der Waals surface area (Å²) in [5.41, 5.74) is 0. The Balaban J connectivity index is 0.00000114. The van der Waals surface area contributed by atoms with E-state index in [1.165, 1.54) is 17.3 Å². The number of phenolic OH excluding ortho intramolecular Hbond substituents is 1. The van der Waals surface area contributed by atoms with Crippen molar-refractivity contribution in [3.05, 3.63) is 42.0 Å². The molecule has 0 saturated carbocycles. The summed E-state index contributed by atoms with van der Waals surface area (Å²) in [5.74, 6) is -0.845. The Kier molecular flexibility index (Phi) is 9.86. The van der Waals surface area contributed by atoms with Crippen LogP contribution in [0.3, 0.4) is 0 Å². The fourth-order valence-electron chi connectivity index (χ4n) is 2.47. The maximum atomic E-state index is 14.0. The van der Waals surface area contributed by atoms with Crippen molar-refractivity contribution in [2.75, 3.05) is 0 Å². The Morgan fingerprint density at radius 2 is 1.44 bits per heavy atom. The molecule has 148 valence electrons. The molecule has 0 saturated heterocycles. The van der Waals surface area contributed by atoms with Crippen molar-refractivity contribution in [2.24, 2.45) is 0 Å². The molecule has 2 rings (SSSR count). The summed E-state index contributed by atoms with van der Waals surface area (Å²) < 4.78 is 27.2. The molecular weight excluding hydrogens is 519 g/mol. The van der Waals surface area contributed by atoms with Crippen molar-refractivity contribution < 1.29 is 34.7 Å². The number of phenols is 1. The van der Waals surface area contributed by atoms with E-state index in [0.717, 1.165) is 16.6 Å². The van der Waals surface area contributed by atoms with Crippen LogP contribution in [-0.2, 0) is 20.8 Å². The minimum atomic E-state index is -1.74. The second-order valence-electron chi connectivity index (χ2n) is 8.24. The first-order valence-electron chi connectivity index (χ1n) is 8.37. The van der Waals surface area contributed by atoms with E-state index in [9.17, 15) is 13.9 Å². The van der Waals surface area contributed by atoms with Gasteiger partial charge in [0.05, 0.1) is 16.1 Å². The van der Waals surface area contributed by atoms with Crippen LogP contribution in [0.2, 0.25) is 39.3 Å². The summed E-state index contributed by atoms with van der Waals surface area (Å²) in [6, 6.07) is 7.82. The van der Waals surface area contributed by atoms with Gasteiger partial charge in [0, 0.05) is 16.7 Å². The predicted octanol–water partition coefficient (Wildman–Crippen LogP) is 4.77. The molecule has 2 aromatic carbocycles. The third-order valence-corrected chi connectivity index (χ3v) is 9.33. The Bertz CT molecular complexity index is 796. The van der Waals surface area contributed by atoms with Crippen LogP contribution < -0.4 is 21.0 Å². The Hall–Kier alpha value is 0.427. The molecule has 0 spiro atoms. The van der Waals surface area contributed by atoms with Gasteiger partial charge < -0.3 is 5.11 Å². The Labute approximate surface area is 183 Å². The molecule has 27 heavy (non-hydrogen) atoms. The van der Waals surface area contributed by atoms with Gasteiger partial charge in [0.25, 0.3) is 0 Å². The molecule has 2 aromatic rings. The zero-order valence-electron chi connectivity index (χ0n) is 16.3. The second-order valence-corrected chi connectivity index (χ2v) is 23.4. The van der Waals surface area contributed by atoms with E-state index in [4.69, 9.17) is 17.0 Å². The average Bonchev–Trinajstić information content (AvgIpc) is 2.50. The fourth-order valence-corrected chi connectivity index (χ4v) is 6.60. The summed E-state index contributed by atoms with van der Waals surface area (Å²) in [4.78, 5) is 0. The predicted molar refractivity (Wildman–Crippen MR) is 120 cm³/mol. The van der Waals surface area contributed by atoms with Crippen LogP contribution in [0, 0.1) is 11.6 Å². The van der Waals surface area contributed by atoms with Gasteiger partial charge in [0.2, 0.25) is 0 Å². The van der Waals surface area contributed by atoms with E-state index in [1.54, 1.807) is 0 Å². The fraction of sp³-hybridized carbons (Fsp3) is 0.333. The summed E-state index contributed by atoms with van der Waals surface area (Å²) in [6.45, 7) is 13.4. The van der Waals surface area contributed by atoms with Crippen LogP contribution >= 0.6 is 25.6 Å². The molecular formula is C18H25Cl2F2OPSi2Zr. The molecule has 0 aliphatic heterocycles. The van der Waals surface area contributed by atoms with E-state index >= 15 is 0 Å². The Morgan fingerprint density at radius 3 is 1.89 bits per heavy atom. The third kappa shape index (κ3) is 7.64. The van der Waals surface area contributed by atoms with Crippen molar-refractivity contribution in [3.63, 3.8) is 0 Å². The molecule has 0 aliphatic carbocycles. The van der Waals surface area contributed by atoms with Crippen LogP contribution in [0.4, 0.5) is 8.78 Å². The number of halogens is 4. The van der Waals surface area contributed by atoms with Crippen molar-refractivity contribution in [2.45, 2.75) is 39.3 Å². The topological polar surface area (TPSA) is 20.2 Å². The monoisotopic (exact) mass is 542 g/mol. The van der Waals surface area contributed by atoms with E-state index in [0.29, 0.717) is 11.1 Å². The maximum absolute atomic E-state index is 14.0. The molecule has 0 amide bonds. The van der Waals surface area contributed by atoms with Gasteiger partial charge in [-0.2, -0.15) is 0 Å². The van der Waals surface area contributed by atoms with Crippen molar-refractivity contribution in [3.8, 4) is 5.75 Å². The normalized spacial score (nSPS) is 12.1. The summed E-state index contributed by atoms with van der Waals surface area (Å²) in [6.07, 6.45) is 0. The molecule has 1 unspecified atom stereocenters. The number of hydrogen-bond acceptors (Lipinski definition) is 1. The minimum absolute atomic E-state index is 0.0255. The van der Waals surface area contributed by atoms with Crippen molar-refractivity contribution in [1.29, 1.82) is 0 Å². The third-order valence-electron chi connectivity index (χ3n) is 3.98. The molecule has 1 N–H and O–H groups in total. The van der Waals surface area contributed by atoms with E-state index in [1.807, 2.05) is 6.07 Å². The molecule has 0 heterocycles. The number of aromatic hydroxyl groups is 1. The molecule has 0 bridgehead atoms. The second kappa shape index (κ2) is 10.5. The average molecular weight is 545 g/mol. The van der Waals surface area contributed by atoms with Gasteiger partial charge in [-0.05, 0) is 17.3 Å².